The van der Waals surface area contributed by atoms with E-state index in [2.05, 4.69) is 78.3 Å². The maximum atomic E-state index is 13.9. The van der Waals surface area contributed by atoms with Crippen LogP contribution in [0.2, 0.25) is 0 Å². The van der Waals surface area contributed by atoms with Gasteiger partial charge in [-0.05, 0) is 110 Å². The third-order valence-electron chi connectivity index (χ3n) is 13.9. The molecule has 6 heterocycles. The summed E-state index contributed by atoms with van der Waals surface area (Å²) in [6.07, 6.45) is 9.74. The second-order valence-electron chi connectivity index (χ2n) is 18.9. The first-order valence-corrected chi connectivity index (χ1v) is 27.9. The van der Waals surface area contributed by atoms with Gasteiger partial charge in [-0.2, -0.15) is 9.97 Å². The number of hydrogen-bond acceptors (Lipinski definition) is 15. The van der Waals surface area contributed by atoms with Gasteiger partial charge < -0.3 is 19.8 Å². The van der Waals surface area contributed by atoms with Crippen LogP contribution in [0, 0.1) is 0 Å². The number of nitrogens with one attached hydrogen (secondary N) is 2. The lowest BCUT2D eigenvalue weighted by Crippen LogP contribution is -2.57. The second kappa shape index (κ2) is 20.3. The molecule has 0 spiro atoms. The van der Waals surface area contributed by atoms with Gasteiger partial charge in [-0.3, -0.25) is 24.4 Å². The smallest absolute Gasteiger partial charge is 0.229 e. The topological polar surface area (TPSA) is 184 Å². The van der Waals surface area contributed by atoms with Crippen LogP contribution in [0.25, 0.3) is 33.4 Å². The van der Waals surface area contributed by atoms with E-state index in [1.165, 1.54) is 23.6 Å². The van der Waals surface area contributed by atoms with Gasteiger partial charge in [0.15, 0.2) is 25.5 Å². The van der Waals surface area contributed by atoms with Crippen molar-refractivity contribution in [3.63, 3.8) is 0 Å². The number of aromatic nitrogens is 6. The Morgan fingerprint density at radius 2 is 0.875 bits per heavy atom. The highest BCUT2D eigenvalue weighted by Crippen LogP contribution is 2.26. The number of sulfone groups is 2. The number of carbonyl (C=O) groups excluding carboxylic acids is 1. The summed E-state index contributed by atoms with van der Waals surface area (Å²) in [5.74, 6) is 1.20. The van der Waals surface area contributed by atoms with E-state index in [9.17, 15) is 21.6 Å². The summed E-state index contributed by atoms with van der Waals surface area (Å²) in [6.45, 7) is 12.7. The molecule has 2 saturated heterocycles. The van der Waals surface area contributed by atoms with Crippen LogP contribution in [0.5, 0.6) is 0 Å². The fraction of sp³-hybridized carbons (Fsp3) is 0.302. The van der Waals surface area contributed by atoms with E-state index < -0.39 is 19.7 Å². The van der Waals surface area contributed by atoms with Gasteiger partial charge in [0.05, 0.1) is 21.9 Å². The molecular weight excluding hydrogens is 949 g/mol. The number of rotatable bonds is 16. The molecule has 2 fully saturated rings. The van der Waals surface area contributed by atoms with E-state index in [0.29, 0.717) is 23.2 Å². The Labute approximate surface area is 420 Å². The predicted molar refractivity (Wildman–Crippen MR) is 281 cm³/mol. The van der Waals surface area contributed by atoms with Gasteiger partial charge in [-0.15, -0.1) is 0 Å². The van der Waals surface area contributed by atoms with Crippen LogP contribution in [0.4, 0.5) is 23.3 Å². The van der Waals surface area contributed by atoms with Crippen molar-refractivity contribution in [2.24, 2.45) is 0 Å². The Morgan fingerprint density at radius 1 is 0.514 bits per heavy atom. The zero-order valence-electron chi connectivity index (χ0n) is 40.8. The molecular formula is C53H58N12O5S2. The maximum absolute atomic E-state index is 13.9. The first-order chi connectivity index (χ1) is 34.6. The van der Waals surface area contributed by atoms with Crippen LogP contribution < -0.4 is 10.6 Å². The van der Waals surface area contributed by atoms with Gasteiger partial charge in [-0.25, -0.2) is 26.8 Å². The lowest BCUT2D eigenvalue weighted by atomic mass is 10.0. The highest BCUT2D eigenvalue weighted by atomic mass is 32.2. The van der Waals surface area contributed by atoms with E-state index in [1.54, 1.807) is 60.9 Å². The van der Waals surface area contributed by atoms with Crippen LogP contribution in [0.1, 0.15) is 25.0 Å². The first kappa shape index (κ1) is 48.7. The molecule has 8 aromatic rings. The van der Waals surface area contributed by atoms with Crippen molar-refractivity contribution >= 4 is 70.8 Å². The lowest BCUT2D eigenvalue weighted by Gasteiger charge is -2.41. The van der Waals surface area contributed by atoms with Crippen molar-refractivity contribution in [2.45, 2.75) is 48.8 Å². The van der Waals surface area contributed by atoms with Crippen LogP contribution in [0.3, 0.4) is 0 Å². The molecule has 2 atom stereocenters. The molecule has 0 radical (unpaired) electrons. The Morgan fingerprint density at radius 3 is 1.22 bits per heavy atom. The molecule has 17 nitrogen and oxygen atoms in total. The SMILES string of the molecule is CC(C(=O)C(C)N1CCN(Cc2ccc(Nc3ncc4ccn(-c5ccc(S(C)(=O)=O)cc5)c4n3)cc2)CC1)N1CCN(Cc2ccc(Nc3ncc4ccn(-c5ccc(S(C)(=O)=O)cc5)c4n3)cc2)CC1. The minimum Gasteiger partial charge on any atom is -0.324 e. The molecule has 372 valence electrons. The number of carbonyl (C=O) groups is 1. The number of benzene rings is 4. The molecule has 0 aliphatic carbocycles. The zero-order valence-corrected chi connectivity index (χ0v) is 42.4. The Bertz CT molecular complexity index is 3210. The van der Waals surface area contributed by atoms with E-state index in [1.807, 2.05) is 57.9 Å². The highest BCUT2D eigenvalue weighted by Gasteiger charge is 2.32. The molecule has 2 unspecified atom stereocenters. The highest BCUT2D eigenvalue weighted by molar-refractivity contribution is 7.91. The maximum Gasteiger partial charge on any atom is 0.229 e. The average molecular weight is 1010 g/mol. The van der Waals surface area contributed by atoms with Gasteiger partial charge in [0.2, 0.25) is 11.9 Å². The Balaban J connectivity index is 0.655. The van der Waals surface area contributed by atoms with Gasteiger partial charge in [0, 0.05) is 136 Å². The van der Waals surface area contributed by atoms with Gasteiger partial charge >= 0.3 is 0 Å². The lowest BCUT2D eigenvalue weighted by molar-refractivity contribution is -0.130. The molecule has 10 rings (SSSR count). The van der Waals surface area contributed by atoms with Crippen molar-refractivity contribution in [1.29, 1.82) is 0 Å². The normalized spacial score (nSPS) is 16.5. The average Bonchev–Trinajstić information content (AvgIpc) is 4.01. The van der Waals surface area contributed by atoms with Gasteiger partial charge in [0.25, 0.3) is 0 Å². The third-order valence-corrected chi connectivity index (χ3v) is 16.2. The first-order valence-electron chi connectivity index (χ1n) is 24.1. The van der Waals surface area contributed by atoms with Crippen LogP contribution >= 0.6 is 0 Å². The van der Waals surface area contributed by atoms with Gasteiger partial charge in [-0.1, -0.05) is 24.3 Å². The van der Waals surface area contributed by atoms with Crippen molar-refractivity contribution in [3.05, 3.63) is 145 Å². The summed E-state index contributed by atoms with van der Waals surface area (Å²) in [7, 11) is -6.58. The predicted octanol–water partition coefficient (Wildman–Crippen LogP) is 6.73. The molecule has 0 amide bonds. The van der Waals surface area contributed by atoms with Crippen LogP contribution in [-0.2, 0) is 37.6 Å². The van der Waals surface area contributed by atoms with E-state index >= 15 is 0 Å². The van der Waals surface area contributed by atoms with E-state index in [0.717, 1.165) is 99.0 Å². The minimum absolute atomic E-state index is 0.152. The third kappa shape index (κ3) is 11.0. The molecule has 2 N–H and O–H groups in total. The Kier molecular flexibility index (Phi) is 13.8. The molecule has 0 saturated carbocycles. The number of anilines is 4. The summed E-state index contributed by atoms with van der Waals surface area (Å²) in [6, 6.07) is 33.7. The number of fused-ring (bicyclic) bond motifs is 2. The second-order valence-corrected chi connectivity index (χ2v) is 22.9. The van der Waals surface area contributed by atoms with Crippen molar-refractivity contribution in [3.8, 4) is 11.4 Å². The number of ketones is 1. The largest absolute Gasteiger partial charge is 0.324 e. The van der Waals surface area contributed by atoms with Crippen LogP contribution in [-0.4, -0.2) is 148 Å². The van der Waals surface area contributed by atoms with Gasteiger partial charge in [0.1, 0.15) is 11.3 Å². The minimum atomic E-state index is -3.29. The Hall–Kier alpha value is -6.87. The molecule has 4 aromatic carbocycles. The zero-order chi connectivity index (χ0) is 50.1. The number of nitrogens with zero attached hydrogens (tertiary/aromatic N) is 10. The fourth-order valence-corrected chi connectivity index (χ4v) is 10.8. The summed E-state index contributed by atoms with van der Waals surface area (Å²) in [5, 5.41) is 8.40. The number of piperazine rings is 2. The molecule has 19 heteroatoms. The molecule has 4 aromatic heterocycles. The summed E-state index contributed by atoms with van der Waals surface area (Å²) in [4.78, 5) is 42.6. The van der Waals surface area contributed by atoms with Crippen molar-refractivity contribution < 1.29 is 21.6 Å². The number of hydrogen-bond donors (Lipinski definition) is 2. The molecule has 0 bridgehead atoms. The molecule has 2 aliphatic heterocycles. The molecule has 72 heavy (non-hydrogen) atoms. The monoisotopic (exact) mass is 1010 g/mol. The summed E-state index contributed by atoms with van der Waals surface area (Å²) < 4.78 is 51.6. The van der Waals surface area contributed by atoms with Crippen molar-refractivity contribution in [1.82, 2.24) is 48.7 Å². The quantitative estimate of drug-likeness (QED) is 0.104. The van der Waals surface area contributed by atoms with Crippen LogP contribution in [0.15, 0.2) is 144 Å². The number of Topliss-reactive ketones (excluding diaryl/α,β-unsaturated/α-hetero) is 1. The summed E-state index contributed by atoms with van der Waals surface area (Å²) in [5.41, 5.74) is 7.18. The van der Waals surface area contributed by atoms with E-state index in [-0.39, 0.29) is 27.7 Å². The summed E-state index contributed by atoms with van der Waals surface area (Å²) >= 11 is 0. The van der Waals surface area contributed by atoms with Crippen molar-refractivity contribution in [2.75, 3.05) is 75.5 Å². The standard InChI is InChI=1S/C53H58N12O5S2/c1-37(62-29-25-60(26-30-62)35-39-5-9-43(10-6-39)56-52-54-33-41-21-23-64(50(41)58-52)45-13-17-47(18-14-45)71(3,67)68)49(66)38(2)63-31-27-61(28-32-63)36-40-7-11-44(12-8-40)57-53-55-34-42-22-24-65(51(42)59-53)46-15-19-48(20-16-46)72(4,69)70/h5-24,33-34,37-38H,25-32,35-36H2,1-4H3,(H,54,56,58)(H,55,57,59). The fourth-order valence-electron chi connectivity index (χ4n) is 9.57. The molecule has 2 aliphatic rings. The van der Waals surface area contributed by atoms with E-state index in [4.69, 9.17) is 9.97 Å².